The number of rotatable bonds is 5. The van der Waals surface area contributed by atoms with Crippen molar-refractivity contribution in [1.82, 2.24) is 15.6 Å². The SMILES string of the molecule is COc1cccc(/C=N/NC(=O)c2n[nH]c3c2CCC3)c1OC. The van der Waals surface area contributed by atoms with Gasteiger partial charge in [-0.25, -0.2) is 5.43 Å². The van der Waals surface area contributed by atoms with Crippen LogP contribution in [0.4, 0.5) is 0 Å². The number of fused-ring (bicyclic) bond motifs is 1. The third-order valence-corrected chi connectivity index (χ3v) is 3.82. The molecule has 23 heavy (non-hydrogen) atoms. The summed E-state index contributed by atoms with van der Waals surface area (Å²) in [5.74, 6) is 0.851. The minimum absolute atomic E-state index is 0.317. The molecule has 1 aliphatic rings. The molecule has 1 aromatic heterocycles. The van der Waals surface area contributed by atoms with Crippen molar-refractivity contribution in [2.24, 2.45) is 5.10 Å². The van der Waals surface area contributed by atoms with Crippen LogP contribution in [0.3, 0.4) is 0 Å². The first kappa shape index (κ1) is 15.1. The number of nitrogens with one attached hydrogen (secondary N) is 2. The Morgan fingerprint density at radius 2 is 2.22 bits per heavy atom. The summed E-state index contributed by atoms with van der Waals surface area (Å²) in [6, 6.07) is 5.44. The number of para-hydroxylation sites is 1. The van der Waals surface area contributed by atoms with Crippen LogP contribution in [-0.4, -0.2) is 36.5 Å². The standard InChI is InChI=1S/C16H18N4O3/c1-22-13-8-3-5-10(15(13)23-2)9-17-20-16(21)14-11-6-4-7-12(11)18-19-14/h3,5,8-9H,4,6-7H2,1-2H3,(H,18,19)(H,20,21)/b17-9+. The van der Waals surface area contributed by atoms with Crippen LogP contribution in [0.15, 0.2) is 23.3 Å². The van der Waals surface area contributed by atoms with Crippen LogP contribution in [0, 0.1) is 0 Å². The molecule has 7 heteroatoms. The number of aryl methyl sites for hydroxylation is 1. The normalized spacial score (nSPS) is 13.1. The molecule has 0 radical (unpaired) electrons. The van der Waals surface area contributed by atoms with Gasteiger partial charge in [-0.15, -0.1) is 0 Å². The highest BCUT2D eigenvalue weighted by molar-refractivity contribution is 5.95. The highest BCUT2D eigenvalue weighted by atomic mass is 16.5. The average molecular weight is 314 g/mol. The molecule has 1 aromatic carbocycles. The van der Waals surface area contributed by atoms with Crippen molar-refractivity contribution in [2.45, 2.75) is 19.3 Å². The maximum absolute atomic E-state index is 12.2. The molecular weight excluding hydrogens is 296 g/mol. The van der Waals surface area contributed by atoms with Gasteiger partial charge in [0.15, 0.2) is 17.2 Å². The molecule has 2 aromatic rings. The lowest BCUT2D eigenvalue weighted by Gasteiger charge is -2.09. The fraction of sp³-hybridized carbons (Fsp3) is 0.312. The first-order valence-corrected chi connectivity index (χ1v) is 7.35. The Bertz CT molecular complexity index is 752. The van der Waals surface area contributed by atoms with Crippen molar-refractivity contribution in [3.63, 3.8) is 0 Å². The molecule has 1 amide bonds. The number of carbonyl (C=O) groups excluding carboxylic acids is 1. The molecule has 120 valence electrons. The number of nitrogens with zero attached hydrogens (tertiary/aromatic N) is 2. The number of H-pyrrole nitrogens is 1. The van der Waals surface area contributed by atoms with Gasteiger partial charge in [0.2, 0.25) is 0 Å². The maximum Gasteiger partial charge on any atom is 0.292 e. The fourth-order valence-electron chi connectivity index (χ4n) is 2.73. The number of carbonyl (C=O) groups is 1. The van der Waals surface area contributed by atoms with Crippen LogP contribution in [0.25, 0.3) is 0 Å². The number of hydrazone groups is 1. The third kappa shape index (κ3) is 2.90. The van der Waals surface area contributed by atoms with Crippen LogP contribution in [0.2, 0.25) is 0 Å². The van der Waals surface area contributed by atoms with Crippen molar-refractivity contribution in [2.75, 3.05) is 14.2 Å². The average Bonchev–Trinajstić information content (AvgIpc) is 3.17. The second kappa shape index (κ2) is 6.51. The van der Waals surface area contributed by atoms with Crippen molar-refractivity contribution in [1.29, 1.82) is 0 Å². The second-order valence-electron chi connectivity index (χ2n) is 5.16. The molecule has 7 nitrogen and oxygen atoms in total. The largest absolute Gasteiger partial charge is 0.493 e. The van der Waals surface area contributed by atoms with Crippen molar-refractivity contribution >= 4 is 12.1 Å². The third-order valence-electron chi connectivity index (χ3n) is 3.82. The summed E-state index contributed by atoms with van der Waals surface area (Å²) in [7, 11) is 3.12. The quantitative estimate of drug-likeness (QED) is 0.649. The Kier molecular flexibility index (Phi) is 4.27. The lowest BCUT2D eigenvalue weighted by atomic mass is 10.2. The monoisotopic (exact) mass is 314 g/mol. The van der Waals surface area contributed by atoms with E-state index in [2.05, 4.69) is 20.7 Å². The van der Waals surface area contributed by atoms with E-state index in [1.807, 2.05) is 12.1 Å². The first-order chi connectivity index (χ1) is 11.2. The van der Waals surface area contributed by atoms with Crippen molar-refractivity contribution in [3.8, 4) is 11.5 Å². The zero-order valence-corrected chi connectivity index (χ0v) is 13.0. The Morgan fingerprint density at radius 1 is 1.35 bits per heavy atom. The minimum Gasteiger partial charge on any atom is -0.493 e. The lowest BCUT2D eigenvalue weighted by Crippen LogP contribution is -2.19. The zero-order chi connectivity index (χ0) is 16.2. The maximum atomic E-state index is 12.2. The summed E-state index contributed by atoms with van der Waals surface area (Å²) in [5.41, 5.74) is 5.68. The lowest BCUT2D eigenvalue weighted by molar-refractivity contribution is 0.0949. The number of methoxy groups -OCH3 is 2. The van der Waals surface area contributed by atoms with E-state index in [1.165, 1.54) is 6.21 Å². The number of aromatic amines is 1. The summed E-state index contributed by atoms with van der Waals surface area (Å²) >= 11 is 0. The van der Waals surface area contributed by atoms with Gasteiger partial charge in [0.1, 0.15) is 0 Å². The second-order valence-corrected chi connectivity index (χ2v) is 5.16. The van der Waals surface area contributed by atoms with E-state index in [9.17, 15) is 4.79 Å². The molecule has 0 saturated heterocycles. The van der Waals surface area contributed by atoms with Crippen molar-refractivity contribution in [3.05, 3.63) is 40.7 Å². The van der Waals surface area contributed by atoms with Gasteiger partial charge in [0.05, 0.1) is 20.4 Å². The molecule has 0 bridgehead atoms. The summed E-state index contributed by atoms with van der Waals surface area (Å²) in [4.78, 5) is 12.2. The number of benzene rings is 1. The van der Waals surface area contributed by atoms with E-state index in [4.69, 9.17) is 9.47 Å². The summed E-state index contributed by atoms with van der Waals surface area (Å²) in [6.07, 6.45) is 4.39. The van der Waals surface area contributed by atoms with Crippen LogP contribution in [0.5, 0.6) is 11.5 Å². The van der Waals surface area contributed by atoms with E-state index in [0.717, 1.165) is 30.5 Å². The van der Waals surface area contributed by atoms with Gasteiger partial charge in [0, 0.05) is 16.8 Å². The number of ether oxygens (including phenoxy) is 2. The first-order valence-electron chi connectivity index (χ1n) is 7.35. The predicted molar refractivity (Wildman–Crippen MR) is 85.2 cm³/mol. The molecule has 0 aliphatic heterocycles. The molecule has 3 rings (SSSR count). The van der Waals surface area contributed by atoms with E-state index in [-0.39, 0.29) is 5.91 Å². The van der Waals surface area contributed by atoms with E-state index in [1.54, 1.807) is 20.3 Å². The van der Waals surface area contributed by atoms with Gasteiger partial charge in [-0.1, -0.05) is 6.07 Å². The molecule has 0 spiro atoms. The number of hydrogen-bond acceptors (Lipinski definition) is 5. The van der Waals surface area contributed by atoms with Gasteiger partial charge < -0.3 is 9.47 Å². The predicted octanol–water partition coefficient (Wildman–Crippen LogP) is 1.68. The fourth-order valence-corrected chi connectivity index (χ4v) is 2.73. The Hall–Kier alpha value is -2.83. The van der Waals surface area contributed by atoms with Gasteiger partial charge in [-0.2, -0.15) is 10.2 Å². The van der Waals surface area contributed by atoms with Gasteiger partial charge >= 0.3 is 0 Å². The summed E-state index contributed by atoms with van der Waals surface area (Å²) in [5, 5.41) is 11.0. The molecule has 0 saturated carbocycles. The van der Waals surface area contributed by atoms with Gasteiger partial charge in [-0.05, 0) is 31.4 Å². The number of hydrogen-bond donors (Lipinski definition) is 2. The molecular formula is C16H18N4O3. The highest BCUT2D eigenvalue weighted by Crippen LogP contribution is 2.29. The molecule has 1 heterocycles. The van der Waals surface area contributed by atoms with Crippen LogP contribution < -0.4 is 14.9 Å². The molecule has 0 unspecified atom stereocenters. The minimum atomic E-state index is -0.317. The van der Waals surface area contributed by atoms with Crippen molar-refractivity contribution < 1.29 is 14.3 Å². The van der Waals surface area contributed by atoms with E-state index in [0.29, 0.717) is 22.8 Å². The van der Waals surface area contributed by atoms with Crippen LogP contribution >= 0.6 is 0 Å². The van der Waals surface area contributed by atoms with Gasteiger partial charge in [0.25, 0.3) is 5.91 Å². The van der Waals surface area contributed by atoms with Crippen LogP contribution in [-0.2, 0) is 12.8 Å². The Labute approximate surface area is 133 Å². The topological polar surface area (TPSA) is 88.6 Å². The number of amides is 1. The smallest absolute Gasteiger partial charge is 0.292 e. The Balaban J connectivity index is 1.73. The van der Waals surface area contributed by atoms with E-state index < -0.39 is 0 Å². The molecule has 0 fully saturated rings. The number of aromatic nitrogens is 2. The van der Waals surface area contributed by atoms with E-state index >= 15 is 0 Å². The van der Waals surface area contributed by atoms with Gasteiger partial charge in [-0.3, -0.25) is 9.89 Å². The molecule has 0 atom stereocenters. The summed E-state index contributed by atoms with van der Waals surface area (Å²) < 4.78 is 10.5. The molecule has 2 N–H and O–H groups in total. The Morgan fingerprint density at radius 3 is 3.00 bits per heavy atom. The zero-order valence-electron chi connectivity index (χ0n) is 13.0. The van der Waals surface area contributed by atoms with Crippen LogP contribution in [0.1, 0.15) is 33.7 Å². The summed E-state index contributed by atoms with van der Waals surface area (Å²) in [6.45, 7) is 0. The molecule has 1 aliphatic carbocycles. The highest BCUT2D eigenvalue weighted by Gasteiger charge is 2.22.